The maximum absolute atomic E-state index is 13.6. The van der Waals surface area contributed by atoms with E-state index in [0.29, 0.717) is 11.3 Å². The van der Waals surface area contributed by atoms with E-state index in [4.69, 9.17) is 11.6 Å². The van der Waals surface area contributed by atoms with Crippen molar-refractivity contribution in [2.45, 2.75) is 33.9 Å². The number of benzene rings is 3. The highest BCUT2D eigenvalue weighted by Gasteiger charge is 2.50. The van der Waals surface area contributed by atoms with E-state index in [2.05, 4.69) is 5.32 Å². The van der Waals surface area contributed by atoms with Crippen molar-refractivity contribution in [3.05, 3.63) is 99.4 Å². The SMILES string of the molecule is O=C(O)c1ccc2c(c1)[C@@H]1[C@H](Cl)[C@H](Sc3ccccc3[N+](=O)[O-])C[C@@H]1[C@H](c1ccc(F)cc1)N2. The maximum atomic E-state index is 13.6. The Morgan fingerprint density at radius 2 is 1.88 bits per heavy atom. The van der Waals surface area contributed by atoms with Crippen LogP contribution >= 0.6 is 23.4 Å². The number of hydrogen-bond acceptors (Lipinski definition) is 5. The molecule has 9 heteroatoms. The fourth-order valence-electron chi connectivity index (χ4n) is 5.12. The van der Waals surface area contributed by atoms with Gasteiger partial charge in [0.1, 0.15) is 5.82 Å². The zero-order valence-electron chi connectivity index (χ0n) is 17.7. The second-order valence-electron chi connectivity index (χ2n) is 8.53. The van der Waals surface area contributed by atoms with E-state index in [9.17, 15) is 24.4 Å². The molecule has 5 atom stereocenters. The number of nitro groups is 1. The predicted molar refractivity (Wildman–Crippen MR) is 129 cm³/mol. The standard InChI is InChI=1S/C25H20ClFN2O4S/c26-23-21(34-20-4-2-1-3-19(20)29(32)33)12-17-22(23)16-11-14(25(30)31)7-10-18(16)28-24(17)13-5-8-15(27)9-6-13/h1-11,17,21-24,28H,12H2,(H,30,31)/t17-,21+,22-,23+,24-/m0/s1. The van der Waals surface area contributed by atoms with Gasteiger partial charge in [-0.05, 0) is 59.9 Å². The molecule has 2 N–H and O–H groups in total. The number of carboxylic acid groups (broad SMARTS) is 1. The van der Waals surface area contributed by atoms with Crippen LogP contribution in [-0.2, 0) is 0 Å². The summed E-state index contributed by atoms with van der Waals surface area (Å²) in [4.78, 5) is 23.3. The second kappa shape index (κ2) is 8.92. The van der Waals surface area contributed by atoms with Gasteiger partial charge in [0.2, 0.25) is 0 Å². The lowest BCUT2D eigenvalue weighted by molar-refractivity contribution is -0.387. The summed E-state index contributed by atoms with van der Waals surface area (Å²) in [6.45, 7) is 0. The number of carbonyl (C=O) groups is 1. The Labute approximate surface area is 204 Å². The summed E-state index contributed by atoms with van der Waals surface area (Å²) in [5.74, 6) is -1.53. The minimum absolute atomic E-state index is 0.00947. The molecule has 0 spiro atoms. The van der Waals surface area contributed by atoms with Crippen molar-refractivity contribution in [2.75, 3.05) is 5.32 Å². The number of rotatable bonds is 5. The van der Waals surface area contributed by atoms with Crippen molar-refractivity contribution >= 4 is 40.7 Å². The third-order valence-electron chi connectivity index (χ3n) is 6.63. The number of halogens is 2. The van der Waals surface area contributed by atoms with E-state index < -0.39 is 10.9 Å². The van der Waals surface area contributed by atoms with Crippen LogP contribution in [0.25, 0.3) is 0 Å². The summed E-state index contributed by atoms with van der Waals surface area (Å²) < 4.78 is 13.6. The lowest BCUT2D eigenvalue weighted by atomic mass is 9.77. The van der Waals surface area contributed by atoms with Crippen LogP contribution in [0.5, 0.6) is 0 Å². The van der Waals surface area contributed by atoms with Crippen molar-refractivity contribution in [3.63, 3.8) is 0 Å². The molecule has 0 unspecified atom stereocenters. The van der Waals surface area contributed by atoms with Gasteiger partial charge < -0.3 is 10.4 Å². The number of aromatic carboxylic acids is 1. The zero-order chi connectivity index (χ0) is 24.0. The number of alkyl halides is 1. The largest absolute Gasteiger partial charge is 0.478 e. The van der Waals surface area contributed by atoms with Crippen molar-refractivity contribution in [1.29, 1.82) is 0 Å². The molecule has 6 nitrogen and oxygen atoms in total. The third-order valence-corrected chi connectivity index (χ3v) is 8.74. The Hall–Kier alpha value is -3.10. The van der Waals surface area contributed by atoms with Crippen LogP contribution in [0.4, 0.5) is 15.8 Å². The first-order valence-electron chi connectivity index (χ1n) is 10.8. The molecule has 3 aromatic rings. The summed E-state index contributed by atoms with van der Waals surface area (Å²) in [5.41, 5.74) is 2.74. The Morgan fingerprint density at radius 1 is 1.15 bits per heavy atom. The molecule has 0 amide bonds. The van der Waals surface area contributed by atoms with Crippen molar-refractivity contribution in [1.82, 2.24) is 0 Å². The molecule has 3 aromatic carbocycles. The molecule has 0 aromatic heterocycles. The molecule has 1 saturated carbocycles. The first kappa shape index (κ1) is 22.7. The van der Waals surface area contributed by atoms with E-state index in [1.165, 1.54) is 30.0 Å². The fraction of sp³-hybridized carbons (Fsp3) is 0.240. The van der Waals surface area contributed by atoms with Gasteiger partial charge in [0.15, 0.2) is 0 Å². The highest BCUT2D eigenvalue weighted by molar-refractivity contribution is 8.00. The van der Waals surface area contributed by atoms with Crippen LogP contribution in [-0.4, -0.2) is 26.6 Å². The highest BCUT2D eigenvalue weighted by Crippen LogP contribution is 2.58. The van der Waals surface area contributed by atoms with Gasteiger partial charge >= 0.3 is 5.97 Å². The number of nitrogens with one attached hydrogen (secondary N) is 1. The second-order valence-corrected chi connectivity index (χ2v) is 10.3. The molecule has 1 heterocycles. The van der Waals surface area contributed by atoms with Gasteiger partial charge in [0.05, 0.1) is 26.8 Å². The monoisotopic (exact) mass is 498 g/mol. The van der Waals surface area contributed by atoms with E-state index >= 15 is 0 Å². The Bertz CT molecular complexity index is 1270. The highest BCUT2D eigenvalue weighted by atomic mass is 35.5. The average molecular weight is 499 g/mol. The van der Waals surface area contributed by atoms with Crippen LogP contribution in [0, 0.1) is 21.8 Å². The normalized spacial score (nSPS) is 25.2. The molecule has 5 rings (SSSR count). The van der Waals surface area contributed by atoms with Gasteiger partial charge in [-0.2, -0.15) is 0 Å². The number of carboxylic acids is 1. The topological polar surface area (TPSA) is 92.5 Å². The smallest absolute Gasteiger partial charge is 0.335 e. The van der Waals surface area contributed by atoms with E-state index in [0.717, 1.165) is 16.8 Å². The van der Waals surface area contributed by atoms with Crippen molar-refractivity contribution in [3.8, 4) is 0 Å². The van der Waals surface area contributed by atoms with Crippen LogP contribution < -0.4 is 5.32 Å². The van der Waals surface area contributed by atoms with Gasteiger partial charge in [-0.3, -0.25) is 10.1 Å². The minimum Gasteiger partial charge on any atom is -0.478 e. The Balaban J connectivity index is 1.55. The van der Waals surface area contributed by atoms with Crippen LogP contribution in [0.1, 0.15) is 39.9 Å². The average Bonchev–Trinajstić information content (AvgIpc) is 3.15. The molecule has 2 aliphatic rings. The molecule has 1 aliphatic heterocycles. The number of hydrogen-bond donors (Lipinski definition) is 2. The maximum Gasteiger partial charge on any atom is 0.335 e. The Kier molecular flexibility index (Phi) is 5.95. The predicted octanol–water partition coefficient (Wildman–Crippen LogP) is 6.47. The first-order valence-corrected chi connectivity index (χ1v) is 12.1. The summed E-state index contributed by atoms with van der Waals surface area (Å²) in [7, 11) is 0. The Morgan fingerprint density at radius 3 is 2.59 bits per heavy atom. The van der Waals surface area contributed by atoms with E-state index in [1.54, 1.807) is 48.5 Å². The molecule has 0 bridgehead atoms. The number of para-hydroxylation sites is 1. The van der Waals surface area contributed by atoms with Gasteiger partial charge in [-0.1, -0.05) is 24.3 Å². The lowest BCUT2D eigenvalue weighted by Gasteiger charge is -2.38. The molecular formula is C25H20ClFN2O4S. The molecule has 34 heavy (non-hydrogen) atoms. The third kappa shape index (κ3) is 4.01. The first-order chi connectivity index (χ1) is 16.3. The van der Waals surface area contributed by atoms with Crippen LogP contribution in [0.3, 0.4) is 0 Å². The zero-order valence-corrected chi connectivity index (χ0v) is 19.3. The molecule has 1 fully saturated rings. The van der Waals surface area contributed by atoms with E-state index in [-0.39, 0.29) is 45.6 Å². The summed E-state index contributed by atoms with van der Waals surface area (Å²) in [5, 5.41) is 24.0. The molecule has 1 aliphatic carbocycles. The van der Waals surface area contributed by atoms with Gasteiger partial charge in [0.25, 0.3) is 5.69 Å². The summed E-state index contributed by atoms with van der Waals surface area (Å²) in [6.07, 6.45) is 0.654. The number of nitrogens with zero attached hydrogens (tertiary/aromatic N) is 1. The minimum atomic E-state index is -1.02. The van der Waals surface area contributed by atoms with Crippen molar-refractivity contribution < 1.29 is 19.2 Å². The quantitative estimate of drug-likeness (QED) is 0.238. The number of nitro benzene ring substituents is 1. The lowest BCUT2D eigenvalue weighted by Crippen LogP contribution is -2.31. The number of anilines is 1. The van der Waals surface area contributed by atoms with Gasteiger partial charge in [0, 0.05) is 22.9 Å². The van der Waals surface area contributed by atoms with Crippen LogP contribution in [0.2, 0.25) is 0 Å². The van der Waals surface area contributed by atoms with E-state index in [1.807, 2.05) is 0 Å². The fourth-order valence-corrected chi connectivity index (χ4v) is 7.06. The molecule has 174 valence electrons. The van der Waals surface area contributed by atoms with Crippen LogP contribution in [0.15, 0.2) is 71.6 Å². The number of thioether (sulfide) groups is 1. The summed E-state index contributed by atoms with van der Waals surface area (Å²) >= 11 is 8.43. The van der Waals surface area contributed by atoms with Gasteiger partial charge in [-0.25, -0.2) is 9.18 Å². The molecule has 0 radical (unpaired) electrons. The number of fused-ring (bicyclic) bond motifs is 3. The molecule has 0 saturated heterocycles. The molecular weight excluding hydrogens is 479 g/mol. The van der Waals surface area contributed by atoms with Gasteiger partial charge in [-0.15, -0.1) is 23.4 Å². The summed E-state index contributed by atoms with van der Waals surface area (Å²) in [6, 6.07) is 17.7. The van der Waals surface area contributed by atoms with Crippen molar-refractivity contribution in [2.24, 2.45) is 5.92 Å².